The molecule has 3 amide bonds. The predicted octanol–water partition coefficient (Wildman–Crippen LogP) is 1.49. The lowest BCUT2D eigenvalue weighted by atomic mass is 10.1. The molecule has 7 heteroatoms. The van der Waals surface area contributed by atoms with E-state index < -0.39 is 17.7 Å². The van der Waals surface area contributed by atoms with E-state index in [2.05, 4.69) is 10.3 Å². The first kappa shape index (κ1) is 16.0. The average molecular weight is 348 g/mol. The number of imide groups is 1. The van der Waals surface area contributed by atoms with Gasteiger partial charge in [-0.05, 0) is 24.3 Å². The van der Waals surface area contributed by atoms with E-state index in [9.17, 15) is 14.4 Å². The molecule has 1 aliphatic heterocycles. The summed E-state index contributed by atoms with van der Waals surface area (Å²) in [6.07, 6.45) is 0. The summed E-state index contributed by atoms with van der Waals surface area (Å²) in [5.74, 6) is -0.597. The topological polar surface area (TPSA) is 84.3 Å². The minimum atomic E-state index is -0.441. The Bertz CT molecular complexity index is 1020. The van der Waals surface area contributed by atoms with Crippen molar-refractivity contribution in [2.75, 3.05) is 6.54 Å². The van der Waals surface area contributed by atoms with Crippen molar-refractivity contribution in [3.63, 3.8) is 0 Å². The highest BCUT2D eigenvalue weighted by molar-refractivity contribution is 6.22. The molecule has 2 heterocycles. The summed E-state index contributed by atoms with van der Waals surface area (Å²) in [6, 6.07) is 14.2. The molecule has 1 aliphatic rings. The van der Waals surface area contributed by atoms with Gasteiger partial charge in [0.15, 0.2) is 0 Å². The number of amides is 3. The van der Waals surface area contributed by atoms with Crippen LogP contribution in [0.4, 0.5) is 0 Å². The highest BCUT2D eigenvalue weighted by Gasteiger charge is 2.36. The van der Waals surface area contributed by atoms with Crippen LogP contribution in [-0.2, 0) is 18.4 Å². The molecule has 0 saturated heterocycles. The van der Waals surface area contributed by atoms with Gasteiger partial charge in [-0.3, -0.25) is 19.3 Å². The van der Waals surface area contributed by atoms with E-state index in [4.69, 9.17) is 0 Å². The highest BCUT2D eigenvalue weighted by Crippen LogP contribution is 2.22. The van der Waals surface area contributed by atoms with Crippen molar-refractivity contribution in [2.24, 2.45) is 7.05 Å². The predicted molar refractivity (Wildman–Crippen MR) is 94.4 cm³/mol. The number of imidazole rings is 1. The molecule has 1 N–H and O–H groups in total. The maximum absolute atomic E-state index is 12.3. The highest BCUT2D eigenvalue weighted by atomic mass is 16.2. The maximum atomic E-state index is 12.3. The number of para-hydroxylation sites is 2. The zero-order valence-electron chi connectivity index (χ0n) is 14.1. The van der Waals surface area contributed by atoms with E-state index >= 15 is 0 Å². The number of nitrogens with zero attached hydrogens (tertiary/aromatic N) is 3. The number of nitrogens with one attached hydrogen (secondary N) is 1. The molecule has 0 spiro atoms. The van der Waals surface area contributed by atoms with Crippen LogP contribution in [0.2, 0.25) is 0 Å². The number of hydrogen-bond donors (Lipinski definition) is 1. The summed E-state index contributed by atoms with van der Waals surface area (Å²) < 4.78 is 1.90. The third-order valence-corrected chi connectivity index (χ3v) is 4.50. The Balaban J connectivity index is 1.44. The Morgan fingerprint density at radius 1 is 1.00 bits per heavy atom. The van der Waals surface area contributed by atoms with Crippen molar-refractivity contribution in [1.82, 2.24) is 19.8 Å². The Morgan fingerprint density at radius 2 is 1.62 bits per heavy atom. The molecule has 0 bridgehead atoms. The van der Waals surface area contributed by atoms with E-state index in [0.717, 1.165) is 15.9 Å². The lowest BCUT2D eigenvalue weighted by Crippen LogP contribution is -2.40. The normalized spacial score (nSPS) is 13.3. The maximum Gasteiger partial charge on any atom is 0.262 e. The summed E-state index contributed by atoms with van der Waals surface area (Å²) in [4.78, 5) is 42.3. The Kier molecular flexibility index (Phi) is 3.76. The van der Waals surface area contributed by atoms with Crippen molar-refractivity contribution >= 4 is 28.8 Å². The van der Waals surface area contributed by atoms with Gasteiger partial charge in [-0.2, -0.15) is 0 Å². The van der Waals surface area contributed by atoms with Gasteiger partial charge in [-0.25, -0.2) is 4.98 Å². The number of fused-ring (bicyclic) bond motifs is 2. The molecule has 2 aromatic carbocycles. The average Bonchev–Trinajstić information content (AvgIpc) is 3.10. The van der Waals surface area contributed by atoms with Crippen LogP contribution in [0.5, 0.6) is 0 Å². The Labute approximate surface area is 149 Å². The first-order chi connectivity index (χ1) is 12.6. The van der Waals surface area contributed by atoms with Crippen LogP contribution in [0.3, 0.4) is 0 Å². The van der Waals surface area contributed by atoms with E-state index in [1.807, 2.05) is 35.9 Å². The molecule has 3 aromatic rings. The van der Waals surface area contributed by atoms with Gasteiger partial charge in [0.1, 0.15) is 12.4 Å². The fourth-order valence-corrected chi connectivity index (χ4v) is 3.11. The third-order valence-electron chi connectivity index (χ3n) is 4.50. The standard InChI is InChI=1S/C19H16N4O3/c1-22-15-9-5-4-8-14(15)21-16(22)10-20-17(24)11-23-18(25)12-6-2-3-7-13(12)19(23)26/h2-9H,10-11H2,1H3,(H,20,24). The van der Waals surface area contributed by atoms with Crippen molar-refractivity contribution < 1.29 is 14.4 Å². The number of rotatable bonds is 4. The molecule has 0 unspecified atom stereocenters. The van der Waals surface area contributed by atoms with Crippen LogP contribution >= 0.6 is 0 Å². The zero-order chi connectivity index (χ0) is 18.3. The molecule has 26 heavy (non-hydrogen) atoms. The number of benzene rings is 2. The molecular formula is C19H16N4O3. The van der Waals surface area contributed by atoms with Crippen molar-refractivity contribution in [3.8, 4) is 0 Å². The molecule has 0 fully saturated rings. The smallest absolute Gasteiger partial charge is 0.262 e. The van der Waals surface area contributed by atoms with E-state index in [-0.39, 0.29) is 13.1 Å². The second kappa shape index (κ2) is 6.11. The molecule has 0 saturated carbocycles. The largest absolute Gasteiger partial charge is 0.347 e. The number of aryl methyl sites for hydroxylation is 1. The minimum absolute atomic E-state index is 0.215. The van der Waals surface area contributed by atoms with Gasteiger partial charge in [-0.1, -0.05) is 24.3 Å². The molecule has 1 aromatic heterocycles. The number of hydrogen-bond acceptors (Lipinski definition) is 4. The Morgan fingerprint density at radius 3 is 2.27 bits per heavy atom. The molecule has 4 rings (SSSR count). The van der Waals surface area contributed by atoms with E-state index in [1.54, 1.807) is 24.3 Å². The van der Waals surface area contributed by atoms with Gasteiger partial charge < -0.3 is 9.88 Å². The minimum Gasteiger partial charge on any atom is -0.347 e. The lowest BCUT2D eigenvalue weighted by molar-refractivity contribution is -0.121. The summed E-state index contributed by atoms with van der Waals surface area (Å²) in [7, 11) is 1.88. The van der Waals surface area contributed by atoms with Gasteiger partial charge in [0.05, 0.1) is 28.7 Å². The second-order valence-corrected chi connectivity index (χ2v) is 6.09. The first-order valence-electron chi connectivity index (χ1n) is 8.18. The number of aromatic nitrogens is 2. The number of carbonyl (C=O) groups excluding carboxylic acids is 3. The SMILES string of the molecule is Cn1c(CNC(=O)CN2C(=O)c3ccccc3C2=O)nc2ccccc21. The zero-order valence-corrected chi connectivity index (χ0v) is 14.1. The summed E-state index contributed by atoms with van der Waals surface area (Å²) in [5, 5.41) is 2.73. The second-order valence-electron chi connectivity index (χ2n) is 6.09. The lowest BCUT2D eigenvalue weighted by Gasteiger charge is -2.13. The molecule has 0 atom stereocenters. The fourth-order valence-electron chi connectivity index (χ4n) is 3.11. The van der Waals surface area contributed by atoms with Gasteiger partial charge in [0, 0.05) is 7.05 Å². The monoisotopic (exact) mass is 348 g/mol. The van der Waals surface area contributed by atoms with Crippen molar-refractivity contribution in [1.29, 1.82) is 0 Å². The van der Waals surface area contributed by atoms with Crippen LogP contribution in [0.1, 0.15) is 26.5 Å². The molecule has 0 radical (unpaired) electrons. The van der Waals surface area contributed by atoms with Crippen molar-refractivity contribution in [2.45, 2.75) is 6.54 Å². The summed E-state index contributed by atoms with van der Waals surface area (Å²) >= 11 is 0. The van der Waals surface area contributed by atoms with Crippen LogP contribution in [0, 0.1) is 0 Å². The molecule has 7 nitrogen and oxygen atoms in total. The van der Waals surface area contributed by atoms with Gasteiger partial charge in [0.25, 0.3) is 11.8 Å². The fraction of sp³-hybridized carbons (Fsp3) is 0.158. The Hall–Kier alpha value is -3.48. The number of carbonyl (C=O) groups is 3. The third kappa shape index (κ3) is 2.54. The van der Waals surface area contributed by atoms with Gasteiger partial charge in [0.2, 0.25) is 5.91 Å². The van der Waals surface area contributed by atoms with Crippen LogP contribution in [-0.4, -0.2) is 38.7 Å². The van der Waals surface area contributed by atoms with E-state index in [0.29, 0.717) is 17.0 Å². The van der Waals surface area contributed by atoms with Crippen molar-refractivity contribution in [3.05, 3.63) is 65.5 Å². The molecule has 130 valence electrons. The molecule has 0 aliphatic carbocycles. The first-order valence-corrected chi connectivity index (χ1v) is 8.18. The van der Waals surface area contributed by atoms with Crippen LogP contribution < -0.4 is 5.32 Å². The van der Waals surface area contributed by atoms with Gasteiger partial charge in [-0.15, -0.1) is 0 Å². The summed E-state index contributed by atoms with van der Waals surface area (Å²) in [5.41, 5.74) is 2.48. The summed E-state index contributed by atoms with van der Waals surface area (Å²) in [6.45, 7) is -0.0938. The van der Waals surface area contributed by atoms with Gasteiger partial charge >= 0.3 is 0 Å². The molecular weight excluding hydrogens is 332 g/mol. The quantitative estimate of drug-likeness (QED) is 0.724. The van der Waals surface area contributed by atoms with E-state index in [1.165, 1.54) is 0 Å². The van der Waals surface area contributed by atoms with Crippen LogP contribution in [0.15, 0.2) is 48.5 Å². The van der Waals surface area contributed by atoms with Crippen LogP contribution in [0.25, 0.3) is 11.0 Å².